The Morgan fingerprint density at radius 3 is 3.07 bits per heavy atom. The Hall–Kier alpha value is -0.870. The van der Waals surface area contributed by atoms with Crippen molar-refractivity contribution in [3.8, 4) is 0 Å². The molecule has 1 fully saturated rings. The van der Waals surface area contributed by atoms with Gasteiger partial charge in [0, 0.05) is 23.8 Å². The minimum absolute atomic E-state index is 0.0888. The Kier molecular flexibility index (Phi) is 2.56. The van der Waals surface area contributed by atoms with E-state index in [0.717, 1.165) is 6.42 Å². The maximum absolute atomic E-state index is 11.6. The minimum Gasteiger partial charge on any atom is -0.275 e. The summed E-state index contributed by atoms with van der Waals surface area (Å²) in [6.07, 6.45) is 0.965. The number of amides is 1. The molecule has 14 heavy (non-hydrogen) atoms. The third kappa shape index (κ3) is 1.67. The monoisotopic (exact) mass is 211 g/mol. The first-order valence-corrected chi connectivity index (χ1v) is 5.47. The van der Waals surface area contributed by atoms with Crippen LogP contribution in [0.25, 0.3) is 0 Å². The highest BCUT2D eigenvalue weighted by Crippen LogP contribution is 2.49. The highest BCUT2D eigenvalue weighted by molar-refractivity contribution is 7.10. The first-order valence-electron chi connectivity index (χ1n) is 4.59. The zero-order valence-corrected chi connectivity index (χ0v) is 9.08. The van der Waals surface area contributed by atoms with E-state index in [4.69, 9.17) is 4.84 Å². The van der Waals surface area contributed by atoms with Crippen molar-refractivity contribution in [3.63, 3.8) is 0 Å². The third-order valence-electron chi connectivity index (χ3n) is 2.60. The van der Waals surface area contributed by atoms with Gasteiger partial charge in [-0.15, -0.1) is 11.3 Å². The first kappa shape index (κ1) is 9.68. The Morgan fingerprint density at radius 2 is 2.50 bits per heavy atom. The molecule has 3 nitrogen and oxygen atoms in total. The Balaban J connectivity index is 1.96. The van der Waals surface area contributed by atoms with Gasteiger partial charge in [0.15, 0.2) is 0 Å². The van der Waals surface area contributed by atoms with Crippen molar-refractivity contribution < 1.29 is 9.63 Å². The van der Waals surface area contributed by atoms with E-state index in [1.54, 1.807) is 18.4 Å². The summed E-state index contributed by atoms with van der Waals surface area (Å²) in [4.78, 5) is 17.8. The van der Waals surface area contributed by atoms with Crippen LogP contribution in [0.2, 0.25) is 0 Å². The predicted octanol–water partition coefficient (Wildman–Crippen LogP) is 1.87. The predicted molar refractivity (Wildman–Crippen MR) is 54.9 cm³/mol. The van der Waals surface area contributed by atoms with Crippen LogP contribution in [-0.2, 0) is 9.63 Å². The fourth-order valence-corrected chi connectivity index (χ4v) is 2.51. The molecule has 1 aromatic heterocycles. The van der Waals surface area contributed by atoms with Crippen LogP contribution in [0.15, 0.2) is 17.5 Å². The number of carbonyl (C=O) groups is 1. The Bertz CT molecular complexity index is 323. The fourth-order valence-electron chi connectivity index (χ4n) is 1.61. The van der Waals surface area contributed by atoms with E-state index in [9.17, 15) is 4.79 Å². The van der Waals surface area contributed by atoms with Crippen molar-refractivity contribution in [2.75, 3.05) is 14.2 Å². The normalized spacial score (nSPS) is 24.7. The van der Waals surface area contributed by atoms with Crippen LogP contribution >= 0.6 is 11.3 Å². The molecular formula is C10H13NO2S. The summed E-state index contributed by atoms with van der Waals surface area (Å²) in [7, 11) is 3.17. The van der Waals surface area contributed by atoms with E-state index >= 15 is 0 Å². The number of thiophene rings is 1. The Morgan fingerprint density at radius 1 is 1.71 bits per heavy atom. The lowest BCUT2D eigenvalue weighted by Gasteiger charge is -2.12. The number of rotatable bonds is 3. The number of carbonyl (C=O) groups excluding carboxylic acids is 1. The molecule has 76 valence electrons. The van der Waals surface area contributed by atoms with Crippen molar-refractivity contribution in [2.45, 2.75) is 12.3 Å². The summed E-state index contributed by atoms with van der Waals surface area (Å²) in [5, 5.41) is 3.37. The number of hydrogen-bond donors (Lipinski definition) is 0. The molecule has 1 saturated carbocycles. The second-order valence-corrected chi connectivity index (χ2v) is 4.46. The van der Waals surface area contributed by atoms with Crippen LogP contribution in [0, 0.1) is 5.92 Å². The number of hydrogen-bond acceptors (Lipinski definition) is 3. The van der Waals surface area contributed by atoms with Crippen LogP contribution in [0.4, 0.5) is 0 Å². The van der Waals surface area contributed by atoms with Crippen LogP contribution in [0.1, 0.15) is 17.2 Å². The largest absolute Gasteiger partial charge is 0.275 e. The van der Waals surface area contributed by atoms with Gasteiger partial charge in [0.2, 0.25) is 5.91 Å². The zero-order chi connectivity index (χ0) is 10.1. The molecule has 1 aromatic rings. The van der Waals surface area contributed by atoms with E-state index in [-0.39, 0.29) is 11.8 Å². The lowest BCUT2D eigenvalue weighted by Crippen LogP contribution is -2.27. The standard InChI is InChI=1S/C10H13NO2S/c1-11(13-2)10(12)8-6-7(8)9-4-3-5-14-9/h3-5,7-8H,6H2,1-2H3/t7-,8-/m1/s1. The topological polar surface area (TPSA) is 29.5 Å². The molecule has 1 amide bonds. The molecule has 0 saturated heterocycles. The van der Waals surface area contributed by atoms with Crippen molar-refractivity contribution in [3.05, 3.63) is 22.4 Å². The van der Waals surface area contributed by atoms with Gasteiger partial charge in [-0.3, -0.25) is 9.63 Å². The lowest BCUT2D eigenvalue weighted by molar-refractivity contribution is -0.170. The lowest BCUT2D eigenvalue weighted by atomic mass is 10.2. The van der Waals surface area contributed by atoms with Crippen LogP contribution in [-0.4, -0.2) is 25.1 Å². The van der Waals surface area contributed by atoms with Gasteiger partial charge in [-0.05, 0) is 17.9 Å². The highest BCUT2D eigenvalue weighted by atomic mass is 32.1. The molecule has 1 aliphatic carbocycles. The average Bonchev–Trinajstić information content (AvgIpc) is 2.82. The molecule has 0 spiro atoms. The van der Waals surface area contributed by atoms with Gasteiger partial charge in [-0.2, -0.15) is 0 Å². The van der Waals surface area contributed by atoms with Crippen molar-refractivity contribution in [2.24, 2.45) is 5.92 Å². The van der Waals surface area contributed by atoms with Gasteiger partial charge in [0.05, 0.1) is 7.11 Å². The SMILES string of the molecule is CON(C)C(=O)[C@@H]1C[C@H]1c1cccs1. The summed E-state index contributed by atoms with van der Waals surface area (Å²) in [5.74, 6) is 0.657. The number of hydroxylamine groups is 2. The molecule has 4 heteroatoms. The van der Waals surface area contributed by atoms with Crippen LogP contribution in [0.5, 0.6) is 0 Å². The number of nitrogens with zero attached hydrogens (tertiary/aromatic N) is 1. The summed E-state index contributed by atoms with van der Waals surface area (Å²) in [5.41, 5.74) is 0. The maximum atomic E-state index is 11.6. The molecule has 0 unspecified atom stereocenters. The van der Waals surface area contributed by atoms with Gasteiger partial charge in [-0.1, -0.05) is 6.07 Å². The van der Waals surface area contributed by atoms with Gasteiger partial charge in [0.25, 0.3) is 0 Å². The van der Waals surface area contributed by atoms with Gasteiger partial charge in [-0.25, -0.2) is 5.06 Å². The molecule has 0 aromatic carbocycles. The van der Waals surface area contributed by atoms with Crippen molar-refractivity contribution in [1.82, 2.24) is 5.06 Å². The molecule has 2 rings (SSSR count). The van der Waals surface area contributed by atoms with E-state index in [0.29, 0.717) is 5.92 Å². The van der Waals surface area contributed by atoms with E-state index in [2.05, 4.69) is 11.4 Å². The summed E-state index contributed by atoms with van der Waals surface area (Å²) < 4.78 is 0. The van der Waals surface area contributed by atoms with E-state index in [1.807, 2.05) is 6.07 Å². The Labute approximate surface area is 87.2 Å². The second-order valence-electron chi connectivity index (χ2n) is 3.48. The van der Waals surface area contributed by atoms with Crippen LogP contribution in [0.3, 0.4) is 0 Å². The van der Waals surface area contributed by atoms with Crippen molar-refractivity contribution >= 4 is 17.2 Å². The average molecular weight is 211 g/mol. The zero-order valence-electron chi connectivity index (χ0n) is 8.27. The molecule has 0 radical (unpaired) electrons. The van der Waals surface area contributed by atoms with E-state index in [1.165, 1.54) is 17.1 Å². The van der Waals surface area contributed by atoms with Crippen LogP contribution < -0.4 is 0 Å². The summed E-state index contributed by atoms with van der Waals surface area (Å²) in [6.45, 7) is 0. The first-order chi connectivity index (χ1) is 6.74. The molecule has 0 bridgehead atoms. The summed E-state index contributed by atoms with van der Waals surface area (Å²) in [6, 6.07) is 4.12. The smallest absolute Gasteiger partial charge is 0.249 e. The molecule has 1 aliphatic rings. The minimum atomic E-state index is 0.0888. The summed E-state index contributed by atoms with van der Waals surface area (Å²) >= 11 is 1.72. The van der Waals surface area contributed by atoms with E-state index < -0.39 is 0 Å². The van der Waals surface area contributed by atoms with Gasteiger partial charge >= 0.3 is 0 Å². The second kappa shape index (κ2) is 3.71. The maximum Gasteiger partial charge on any atom is 0.249 e. The molecule has 2 atom stereocenters. The quantitative estimate of drug-likeness (QED) is 0.714. The fraction of sp³-hybridized carbons (Fsp3) is 0.500. The van der Waals surface area contributed by atoms with Crippen molar-refractivity contribution in [1.29, 1.82) is 0 Å². The molecule has 0 N–H and O–H groups in total. The third-order valence-corrected chi connectivity index (χ3v) is 3.60. The van der Waals surface area contributed by atoms with Gasteiger partial charge < -0.3 is 0 Å². The molecule has 1 heterocycles. The van der Waals surface area contributed by atoms with Gasteiger partial charge in [0.1, 0.15) is 0 Å². The molecular weight excluding hydrogens is 198 g/mol. The molecule has 0 aliphatic heterocycles. The highest BCUT2D eigenvalue weighted by Gasteiger charge is 2.46.